The van der Waals surface area contributed by atoms with Crippen LogP contribution in [0, 0.1) is 0 Å². The molecule has 1 atom stereocenters. The third-order valence-electron chi connectivity index (χ3n) is 3.06. The van der Waals surface area contributed by atoms with E-state index in [9.17, 15) is 23.1 Å². The van der Waals surface area contributed by atoms with Gasteiger partial charge in [0.25, 0.3) is 0 Å². The molecule has 2 amide bonds. The molecule has 0 spiro atoms. The van der Waals surface area contributed by atoms with Crippen LogP contribution in [-0.2, 0) is 0 Å². The molecule has 2 heterocycles. The monoisotopic (exact) mass is 319 g/mol. The lowest BCUT2D eigenvalue weighted by molar-refractivity contribution is -0.154. The predicted molar refractivity (Wildman–Crippen MR) is 71.6 cm³/mol. The van der Waals surface area contributed by atoms with E-state index < -0.39 is 18.9 Å². The number of nitrogens with one attached hydrogen (secondary N) is 1. The van der Waals surface area contributed by atoms with Gasteiger partial charge in [0.05, 0.1) is 18.0 Å². The number of alkyl halides is 3. The number of carbonyl (C=O) groups excluding carboxylic acids is 1. The molecule has 1 aliphatic rings. The van der Waals surface area contributed by atoms with Gasteiger partial charge in [0, 0.05) is 19.2 Å². The minimum absolute atomic E-state index is 0.177. The van der Waals surface area contributed by atoms with Crippen LogP contribution < -0.4 is 10.1 Å². The number of piperidine rings is 1. The third-order valence-corrected chi connectivity index (χ3v) is 3.06. The number of aromatic nitrogens is 1. The Bertz CT molecular complexity index is 507. The summed E-state index contributed by atoms with van der Waals surface area (Å²) in [6.07, 6.45) is -2.36. The molecule has 0 unspecified atom stereocenters. The zero-order valence-electron chi connectivity index (χ0n) is 11.6. The van der Waals surface area contributed by atoms with Crippen molar-refractivity contribution in [1.82, 2.24) is 9.88 Å². The maximum atomic E-state index is 12.0. The number of urea groups is 1. The van der Waals surface area contributed by atoms with Gasteiger partial charge in [0.2, 0.25) is 5.88 Å². The van der Waals surface area contributed by atoms with Gasteiger partial charge < -0.3 is 20.1 Å². The van der Waals surface area contributed by atoms with Crippen molar-refractivity contribution in [2.75, 3.05) is 25.0 Å². The molecule has 1 aromatic heterocycles. The standard InChI is InChI=1S/C13H16F3N3O3/c14-13(15,16)8-22-11-4-3-9(6-17-11)18-12(21)19-5-1-2-10(20)7-19/h3-4,6,10,20H,1-2,5,7-8H2,(H,18,21)/t10-/m0/s1. The highest BCUT2D eigenvalue weighted by molar-refractivity contribution is 5.89. The van der Waals surface area contributed by atoms with Gasteiger partial charge in [-0.3, -0.25) is 0 Å². The number of anilines is 1. The fourth-order valence-corrected chi connectivity index (χ4v) is 2.04. The molecule has 1 saturated heterocycles. The van der Waals surface area contributed by atoms with E-state index in [4.69, 9.17) is 0 Å². The van der Waals surface area contributed by atoms with Gasteiger partial charge in [0.1, 0.15) is 0 Å². The Balaban J connectivity index is 1.86. The summed E-state index contributed by atoms with van der Waals surface area (Å²) in [5.74, 6) is -0.177. The predicted octanol–water partition coefficient (Wildman–Crippen LogP) is 2.01. The number of aliphatic hydroxyl groups excluding tert-OH is 1. The van der Waals surface area contributed by atoms with Gasteiger partial charge in [-0.15, -0.1) is 0 Å². The molecule has 1 fully saturated rings. The summed E-state index contributed by atoms with van der Waals surface area (Å²) in [5, 5.41) is 12.1. The fourth-order valence-electron chi connectivity index (χ4n) is 2.04. The number of hydrogen-bond acceptors (Lipinski definition) is 4. The average Bonchev–Trinajstić information content (AvgIpc) is 2.46. The fraction of sp³-hybridized carbons (Fsp3) is 0.538. The number of amides is 2. The van der Waals surface area contributed by atoms with E-state index in [0.29, 0.717) is 18.7 Å². The van der Waals surface area contributed by atoms with Crippen LogP contribution in [0.25, 0.3) is 0 Å². The highest BCUT2D eigenvalue weighted by Crippen LogP contribution is 2.18. The minimum atomic E-state index is -4.43. The minimum Gasteiger partial charge on any atom is -0.468 e. The summed E-state index contributed by atoms with van der Waals surface area (Å²) in [6, 6.07) is 2.26. The first-order valence-electron chi connectivity index (χ1n) is 6.73. The smallest absolute Gasteiger partial charge is 0.422 e. The van der Waals surface area contributed by atoms with Gasteiger partial charge in [-0.1, -0.05) is 0 Å². The molecule has 0 bridgehead atoms. The largest absolute Gasteiger partial charge is 0.468 e. The maximum Gasteiger partial charge on any atom is 0.422 e. The number of pyridine rings is 1. The molecular weight excluding hydrogens is 303 g/mol. The van der Waals surface area contributed by atoms with Gasteiger partial charge in [-0.25, -0.2) is 9.78 Å². The van der Waals surface area contributed by atoms with E-state index in [1.54, 1.807) is 0 Å². The van der Waals surface area contributed by atoms with E-state index in [1.165, 1.54) is 23.2 Å². The molecule has 122 valence electrons. The highest BCUT2D eigenvalue weighted by Gasteiger charge is 2.28. The van der Waals surface area contributed by atoms with Crippen LogP contribution in [0.5, 0.6) is 5.88 Å². The average molecular weight is 319 g/mol. The number of β-amino-alcohol motifs (C(OH)–C–C–N with tert-alkyl or cyclic N) is 1. The molecule has 1 aromatic rings. The van der Waals surface area contributed by atoms with Crippen molar-refractivity contribution in [3.05, 3.63) is 18.3 Å². The number of hydrogen-bond donors (Lipinski definition) is 2. The van der Waals surface area contributed by atoms with Gasteiger partial charge in [0.15, 0.2) is 6.61 Å². The second-order valence-corrected chi connectivity index (χ2v) is 4.96. The molecule has 0 aromatic carbocycles. The number of nitrogens with zero attached hydrogens (tertiary/aromatic N) is 2. The Labute approximate surface area is 124 Å². The van der Waals surface area contributed by atoms with E-state index in [1.807, 2.05) is 0 Å². The maximum absolute atomic E-state index is 12.0. The number of likely N-dealkylation sites (tertiary alicyclic amines) is 1. The van der Waals surface area contributed by atoms with Crippen LogP contribution in [0.2, 0.25) is 0 Å². The number of aliphatic hydroxyl groups is 1. The number of ether oxygens (including phenoxy) is 1. The summed E-state index contributed by atoms with van der Waals surface area (Å²) in [6.45, 7) is -0.619. The van der Waals surface area contributed by atoms with Crippen LogP contribution in [0.1, 0.15) is 12.8 Å². The van der Waals surface area contributed by atoms with Gasteiger partial charge in [-0.2, -0.15) is 13.2 Å². The summed E-state index contributed by atoms with van der Waals surface area (Å²) >= 11 is 0. The van der Waals surface area contributed by atoms with Crippen molar-refractivity contribution in [3.63, 3.8) is 0 Å². The quantitative estimate of drug-likeness (QED) is 0.894. The van der Waals surface area contributed by atoms with E-state index in [2.05, 4.69) is 15.0 Å². The Kier molecular flexibility index (Phi) is 5.07. The molecular formula is C13H16F3N3O3. The SMILES string of the molecule is O=C(Nc1ccc(OCC(F)(F)F)nc1)N1CCC[C@H](O)C1. The molecule has 0 radical (unpaired) electrons. The summed E-state index contributed by atoms with van der Waals surface area (Å²) < 4.78 is 40.5. The molecule has 2 rings (SSSR count). The first kappa shape index (κ1) is 16.3. The zero-order valence-corrected chi connectivity index (χ0v) is 11.6. The molecule has 9 heteroatoms. The van der Waals surface area contributed by atoms with Crippen molar-refractivity contribution in [2.45, 2.75) is 25.1 Å². The van der Waals surface area contributed by atoms with Crippen LogP contribution in [-0.4, -0.2) is 53.0 Å². The van der Waals surface area contributed by atoms with Gasteiger partial charge in [-0.05, 0) is 18.9 Å². The molecule has 0 aliphatic carbocycles. The second-order valence-electron chi connectivity index (χ2n) is 4.96. The Morgan fingerprint density at radius 2 is 2.27 bits per heavy atom. The van der Waals surface area contributed by atoms with Crippen LogP contribution >= 0.6 is 0 Å². The first-order valence-corrected chi connectivity index (χ1v) is 6.73. The Morgan fingerprint density at radius 3 is 2.86 bits per heavy atom. The van der Waals surface area contributed by atoms with E-state index in [0.717, 1.165) is 6.42 Å². The Morgan fingerprint density at radius 1 is 1.50 bits per heavy atom. The van der Waals surface area contributed by atoms with E-state index >= 15 is 0 Å². The lowest BCUT2D eigenvalue weighted by atomic mass is 10.1. The second kappa shape index (κ2) is 6.82. The zero-order chi connectivity index (χ0) is 16.2. The molecule has 6 nitrogen and oxygen atoms in total. The van der Waals surface area contributed by atoms with Gasteiger partial charge >= 0.3 is 12.2 Å². The number of rotatable bonds is 3. The number of halogens is 3. The van der Waals surface area contributed by atoms with Crippen LogP contribution in [0.3, 0.4) is 0 Å². The lowest BCUT2D eigenvalue weighted by Gasteiger charge is -2.30. The van der Waals surface area contributed by atoms with Crippen molar-refractivity contribution < 1.29 is 27.8 Å². The van der Waals surface area contributed by atoms with E-state index in [-0.39, 0.29) is 18.5 Å². The normalized spacial score (nSPS) is 18.9. The van der Waals surface area contributed by atoms with Crippen LogP contribution in [0.15, 0.2) is 18.3 Å². The topological polar surface area (TPSA) is 74.7 Å². The highest BCUT2D eigenvalue weighted by atomic mass is 19.4. The third kappa shape index (κ3) is 5.06. The molecule has 22 heavy (non-hydrogen) atoms. The first-order chi connectivity index (χ1) is 10.3. The van der Waals surface area contributed by atoms with Crippen molar-refractivity contribution in [1.29, 1.82) is 0 Å². The summed E-state index contributed by atoms with van der Waals surface area (Å²) in [5.41, 5.74) is 0.337. The summed E-state index contributed by atoms with van der Waals surface area (Å²) in [7, 11) is 0. The molecule has 2 N–H and O–H groups in total. The van der Waals surface area contributed by atoms with Crippen molar-refractivity contribution in [3.8, 4) is 5.88 Å². The number of carbonyl (C=O) groups is 1. The van der Waals surface area contributed by atoms with Crippen LogP contribution in [0.4, 0.5) is 23.7 Å². The Hall–Kier alpha value is -2.03. The van der Waals surface area contributed by atoms with Crippen molar-refractivity contribution in [2.24, 2.45) is 0 Å². The molecule has 1 aliphatic heterocycles. The lowest BCUT2D eigenvalue weighted by Crippen LogP contribution is -2.44. The summed E-state index contributed by atoms with van der Waals surface area (Å²) in [4.78, 5) is 17.1. The van der Waals surface area contributed by atoms with Crippen molar-refractivity contribution >= 4 is 11.7 Å². The molecule has 0 saturated carbocycles.